The molecule has 6 nitrogen and oxygen atoms in total. The fraction of sp³-hybridized carbons (Fsp3) is 0.294. The summed E-state index contributed by atoms with van der Waals surface area (Å²) in [4.78, 5) is 18.2. The van der Waals surface area contributed by atoms with Gasteiger partial charge in [0.25, 0.3) is 0 Å². The fourth-order valence-corrected chi connectivity index (χ4v) is 3.09. The number of piperidine rings is 1. The molecule has 1 aromatic heterocycles. The Labute approximate surface area is 155 Å². The minimum absolute atomic E-state index is 0.00220. The number of benzene rings is 1. The number of aromatic nitrogens is 1. The van der Waals surface area contributed by atoms with Crippen molar-refractivity contribution in [1.29, 1.82) is 0 Å². The predicted octanol–water partition coefficient (Wildman–Crippen LogP) is 4.12. The van der Waals surface area contributed by atoms with Gasteiger partial charge >= 0.3 is 6.09 Å². The molecular formula is C17H17Cl2N3O3. The molecule has 0 saturated carbocycles. The van der Waals surface area contributed by atoms with Crippen LogP contribution >= 0.6 is 23.2 Å². The summed E-state index contributed by atoms with van der Waals surface area (Å²) >= 11 is 12.2. The molecule has 132 valence electrons. The van der Waals surface area contributed by atoms with Gasteiger partial charge in [0.15, 0.2) is 0 Å². The molecule has 0 spiro atoms. The summed E-state index contributed by atoms with van der Waals surface area (Å²) in [6.45, 7) is 1.61. The highest BCUT2D eigenvalue weighted by atomic mass is 35.5. The van der Waals surface area contributed by atoms with Gasteiger partial charge in [-0.3, -0.25) is 0 Å². The van der Waals surface area contributed by atoms with E-state index in [1.54, 1.807) is 18.2 Å². The van der Waals surface area contributed by atoms with Crippen LogP contribution < -0.4 is 10.2 Å². The monoisotopic (exact) mass is 381 g/mol. The molecular weight excluding hydrogens is 365 g/mol. The SMILES string of the molecule is O=C(OC1CCNCC1)N(c1ccc(O)cn1)c1ccc(Cl)cc1Cl. The summed E-state index contributed by atoms with van der Waals surface area (Å²) in [5.74, 6) is 0.290. The Morgan fingerprint density at radius 3 is 2.64 bits per heavy atom. The van der Waals surface area contributed by atoms with E-state index in [9.17, 15) is 9.90 Å². The molecule has 0 aliphatic carbocycles. The van der Waals surface area contributed by atoms with Crippen LogP contribution in [0.1, 0.15) is 12.8 Å². The predicted molar refractivity (Wildman–Crippen MR) is 96.9 cm³/mol. The topological polar surface area (TPSA) is 74.7 Å². The van der Waals surface area contributed by atoms with Gasteiger partial charge < -0.3 is 15.2 Å². The Balaban J connectivity index is 1.93. The number of rotatable bonds is 3. The van der Waals surface area contributed by atoms with Gasteiger partial charge in [0.05, 0.1) is 16.9 Å². The van der Waals surface area contributed by atoms with E-state index >= 15 is 0 Å². The highest BCUT2D eigenvalue weighted by Crippen LogP contribution is 2.34. The van der Waals surface area contributed by atoms with Crippen LogP contribution in [0.2, 0.25) is 10.0 Å². The van der Waals surface area contributed by atoms with Crippen molar-refractivity contribution in [3.63, 3.8) is 0 Å². The van der Waals surface area contributed by atoms with Crippen molar-refractivity contribution >= 4 is 40.8 Å². The fourth-order valence-electron chi connectivity index (χ4n) is 2.60. The lowest BCUT2D eigenvalue weighted by Crippen LogP contribution is -2.37. The van der Waals surface area contributed by atoms with Crippen molar-refractivity contribution in [3.05, 3.63) is 46.6 Å². The van der Waals surface area contributed by atoms with Crippen molar-refractivity contribution < 1.29 is 14.6 Å². The van der Waals surface area contributed by atoms with Gasteiger partial charge in [-0.1, -0.05) is 23.2 Å². The van der Waals surface area contributed by atoms with E-state index in [1.165, 1.54) is 23.2 Å². The molecule has 8 heteroatoms. The second kappa shape index (κ2) is 7.91. The molecule has 1 aliphatic heterocycles. The van der Waals surface area contributed by atoms with E-state index in [-0.39, 0.29) is 11.9 Å². The first-order valence-corrected chi connectivity index (χ1v) is 8.62. The van der Waals surface area contributed by atoms with Crippen molar-refractivity contribution in [2.45, 2.75) is 18.9 Å². The second-order valence-electron chi connectivity index (χ2n) is 5.64. The maximum atomic E-state index is 12.8. The Hall–Kier alpha value is -2.02. The number of ether oxygens (including phenoxy) is 1. The molecule has 2 aromatic rings. The Morgan fingerprint density at radius 2 is 2.00 bits per heavy atom. The molecule has 1 amide bonds. The Morgan fingerprint density at radius 1 is 1.24 bits per heavy atom. The van der Waals surface area contributed by atoms with Gasteiger partial charge in [0, 0.05) is 5.02 Å². The number of nitrogens with zero attached hydrogens (tertiary/aromatic N) is 2. The lowest BCUT2D eigenvalue weighted by molar-refractivity contribution is 0.0869. The minimum atomic E-state index is -0.575. The molecule has 25 heavy (non-hydrogen) atoms. The summed E-state index contributed by atoms with van der Waals surface area (Å²) in [6, 6.07) is 7.77. The molecule has 3 rings (SSSR count). The van der Waals surface area contributed by atoms with E-state index in [2.05, 4.69) is 10.3 Å². The highest BCUT2D eigenvalue weighted by Gasteiger charge is 2.27. The van der Waals surface area contributed by atoms with Gasteiger partial charge in [0.1, 0.15) is 17.7 Å². The summed E-state index contributed by atoms with van der Waals surface area (Å²) < 4.78 is 5.63. The quantitative estimate of drug-likeness (QED) is 0.835. The summed E-state index contributed by atoms with van der Waals surface area (Å²) in [6.07, 6.45) is 2.01. The third-order valence-electron chi connectivity index (χ3n) is 3.85. The number of hydrogen-bond acceptors (Lipinski definition) is 5. The minimum Gasteiger partial charge on any atom is -0.506 e. The summed E-state index contributed by atoms with van der Waals surface area (Å²) in [5.41, 5.74) is 0.406. The molecule has 1 aromatic carbocycles. The molecule has 0 atom stereocenters. The lowest BCUT2D eigenvalue weighted by Gasteiger charge is -2.27. The maximum absolute atomic E-state index is 12.8. The summed E-state index contributed by atoms with van der Waals surface area (Å²) in [7, 11) is 0. The third kappa shape index (κ3) is 4.34. The number of halogens is 2. The highest BCUT2D eigenvalue weighted by molar-refractivity contribution is 6.37. The standard InChI is InChI=1S/C17H17Cl2N3O3/c18-11-1-3-15(14(19)9-11)22(16-4-2-12(23)10-21-16)17(24)25-13-5-7-20-8-6-13/h1-4,9-10,13,20,23H,5-8H2. The molecule has 0 radical (unpaired) electrons. The Bertz CT molecular complexity index is 749. The van der Waals surface area contributed by atoms with Crippen molar-refractivity contribution in [2.24, 2.45) is 0 Å². The largest absolute Gasteiger partial charge is 0.506 e. The number of carbonyl (C=O) groups is 1. The molecule has 2 heterocycles. The Kier molecular flexibility index (Phi) is 5.63. The van der Waals surface area contributed by atoms with Gasteiger partial charge in [-0.05, 0) is 56.3 Å². The van der Waals surface area contributed by atoms with E-state index < -0.39 is 6.09 Å². The average Bonchev–Trinajstić information content (AvgIpc) is 2.59. The molecule has 0 unspecified atom stereocenters. The number of pyridine rings is 1. The van der Waals surface area contributed by atoms with Crippen LogP contribution in [0.25, 0.3) is 0 Å². The number of aromatic hydroxyl groups is 1. The lowest BCUT2D eigenvalue weighted by atomic mass is 10.1. The molecule has 1 fully saturated rings. The van der Waals surface area contributed by atoms with Crippen LogP contribution in [-0.4, -0.2) is 35.4 Å². The number of hydrogen-bond donors (Lipinski definition) is 2. The zero-order valence-corrected chi connectivity index (χ0v) is 14.8. The van der Waals surface area contributed by atoms with E-state index in [0.717, 1.165) is 25.9 Å². The van der Waals surface area contributed by atoms with Gasteiger partial charge in [0.2, 0.25) is 0 Å². The van der Waals surface area contributed by atoms with Crippen LogP contribution in [0.3, 0.4) is 0 Å². The number of carbonyl (C=O) groups excluding carboxylic acids is 1. The normalized spacial score (nSPS) is 15.0. The van der Waals surface area contributed by atoms with E-state index in [1.807, 2.05) is 0 Å². The van der Waals surface area contributed by atoms with Crippen LogP contribution in [0.15, 0.2) is 36.5 Å². The van der Waals surface area contributed by atoms with Crippen LogP contribution in [0.5, 0.6) is 5.75 Å². The average molecular weight is 382 g/mol. The van der Waals surface area contributed by atoms with Crippen molar-refractivity contribution in [3.8, 4) is 5.75 Å². The zero-order chi connectivity index (χ0) is 17.8. The van der Waals surface area contributed by atoms with Gasteiger partial charge in [-0.15, -0.1) is 0 Å². The molecule has 0 bridgehead atoms. The summed E-state index contributed by atoms with van der Waals surface area (Å²) in [5, 5.41) is 13.4. The molecule has 2 N–H and O–H groups in total. The smallest absolute Gasteiger partial charge is 0.420 e. The molecule has 1 saturated heterocycles. The third-order valence-corrected chi connectivity index (χ3v) is 4.39. The zero-order valence-electron chi connectivity index (χ0n) is 13.3. The van der Waals surface area contributed by atoms with Crippen LogP contribution in [-0.2, 0) is 4.74 Å². The van der Waals surface area contributed by atoms with Crippen molar-refractivity contribution in [1.82, 2.24) is 10.3 Å². The first kappa shape index (κ1) is 17.8. The molecule has 1 aliphatic rings. The first-order chi connectivity index (χ1) is 12.0. The number of nitrogens with one attached hydrogen (secondary N) is 1. The van der Waals surface area contributed by atoms with E-state index in [0.29, 0.717) is 21.6 Å². The van der Waals surface area contributed by atoms with Gasteiger partial charge in [-0.25, -0.2) is 14.7 Å². The number of anilines is 2. The van der Waals surface area contributed by atoms with Gasteiger partial charge in [-0.2, -0.15) is 0 Å². The van der Waals surface area contributed by atoms with Crippen LogP contribution in [0, 0.1) is 0 Å². The maximum Gasteiger partial charge on any atom is 0.420 e. The van der Waals surface area contributed by atoms with Crippen molar-refractivity contribution in [2.75, 3.05) is 18.0 Å². The number of amides is 1. The van der Waals surface area contributed by atoms with E-state index in [4.69, 9.17) is 27.9 Å². The second-order valence-corrected chi connectivity index (χ2v) is 6.48. The van der Waals surface area contributed by atoms with Crippen LogP contribution in [0.4, 0.5) is 16.3 Å². The first-order valence-electron chi connectivity index (χ1n) is 7.86.